The minimum Gasteiger partial charge on any atom is -0.327 e. The molecule has 1 atom stereocenters. The highest BCUT2D eigenvalue weighted by Gasteiger charge is 2.17. The molecule has 2 heterocycles. The number of allylic oxidation sites excluding steroid dienone is 1. The molecule has 2 N–H and O–H groups in total. The molecule has 0 aliphatic carbocycles. The highest BCUT2D eigenvalue weighted by atomic mass is 16.2. The van der Waals surface area contributed by atoms with Crippen molar-refractivity contribution in [1.82, 2.24) is 15.6 Å². The van der Waals surface area contributed by atoms with Crippen molar-refractivity contribution in [3.8, 4) is 11.1 Å². The Morgan fingerprint density at radius 1 is 1.15 bits per heavy atom. The van der Waals surface area contributed by atoms with Crippen molar-refractivity contribution in [2.45, 2.75) is 13.0 Å². The number of pyridine rings is 1. The minimum atomic E-state index is -0.165. The van der Waals surface area contributed by atoms with Gasteiger partial charge in [-0.3, -0.25) is 4.98 Å². The average molecular weight is 265 g/mol. The molecule has 1 unspecified atom stereocenters. The third kappa shape index (κ3) is 2.54. The monoisotopic (exact) mass is 265 g/mol. The predicted molar refractivity (Wildman–Crippen MR) is 77.8 cm³/mol. The first kappa shape index (κ1) is 12.4. The van der Waals surface area contributed by atoms with Gasteiger partial charge in [0.15, 0.2) is 0 Å². The standard InChI is InChI=1S/C16H15N3O/c1-11-8-15(19-16(20)18-11)13-5-2-4-12(9-13)14-6-3-7-17-10-14/h2-10,15H,1H3,(H2,18,19,20). The van der Waals surface area contributed by atoms with Crippen LogP contribution >= 0.6 is 0 Å². The van der Waals surface area contributed by atoms with Crippen LogP contribution in [-0.4, -0.2) is 11.0 Å². The highest BCUT2D eigenvalue weighted by molar-refractivity contribution is 5.78. The van der Waals surface area contributed by atoms with Gasteiger partial charge in [-0.25, -0.2) is 4.79 Å². The molecule has 2 aromatic rings. The van der Waals surface area contributed by atoms with Gasteiger partial charge in [0.1, 0.15) is 0 Å². The quantitative estimate of drug-likeness (QED) is 0.877. The van der Waals surface area contributed by atoms with Crippen molar-refractivity contribution in [2.75, 3.05) is 0 Å². The van der Waals surface area contributed by atoms with Gasteiger partial charge < -0.3 is 10.6 Å². The molecule has 100 valence electrons. The number of benzene rings is 1. The van der Waals surface area contributed by atoms with Gasteiger partial charge in [-0.1, -0.05) is 24.3 Å². The van der Waals surface area contributed by atoms with Crippen LogP contribution in [0.25, 0.3) is 11.1 Å². The number of carbonyl (C=O) groups excluding carboxylic acids is 1. The van der Waals surface area contributed by atoms with Crippen molar-refractivity contribution in [3.63, 3.8) is 0 Å². The van der Waals surface area contributed by atoms with Gasteiger partial charge in [-0.05, 0) is 41.8 Å². The van der Waals surface area contributed by atoms with E-state index in [1.165, 1.54) is 0 Å². The number of aromatic nitrogens is 1. The fourth-order valence-corrected chi connectivity index (χ4v) is 2.31. The molecule has 3 rings (SSSR count). The van der Waals surface area contributed by atoms with Gasteiger partial charge in [-0.2, -0.15) is 0 Å². The van der Waals surface area contributed by atoms with Crippen LogP contribution in [0.15, 0.2) is 60.6 Å². The van der Waals surface area contributed by atoms with Crippen LogP contribution in [0.1, 0.15) is 18.5 Å². The SMILES string of the molecule is CC1=CC(c2cccc(-c3cccnc3)c2)NC(=O)N1. The topological polar surface area (TPSA) is 54.0 Å². The molecule has 4 nitrogen and oxygen atoms in total. The smallest absolute Gasteiger partial charge is 0.319 e. The Balaban J connectivity index is 1.96. The molecular formula is C16H15N3O. The molecule has 0 spiro atoms. The third-order valence-electron chi connectivity index (χ3n) is 3.25. The molecule has 0 saturated carbocycles. The fourth-order valence-electron chi connectivity index (χ4n) is 2.31. The Morgan fingerprint density at radius 2 is 2.00 bits per heavy atom. The van der Waals surface area contributed by atoms with E-state index in [4.69, 9.17) is 0 Å². The summed E-state index contributed by atoms with van der Waals surface area (Å²) in [7, 11) is 0. The molecule has 1 aliphatic rings. The lowest BCUT2D eigenvalue weighted by molar-refractivity contribution is 0.239. The average Bonchev–Trinajstić information content (AvgIpc) is 2.47. The van der Waals surface area contributed by atoms with Crippen molar-refractivity contribution >= 4 is 6.03 Å². The van der Waals surface area contributed by atoms with Gasteiger partial charge in [0.2, 0.25) is 0 Å². The zero-order valence-corrected chi connectivity index (χ0v) is 11.1. The Bertz CT molecular complexity index is 664. The van der Waals surface area contributed by atoms with E-state index >= 15 is 0 Å². The largest absolute Gasteiger partial charge is 0.327 e. The van der Waals surface area contributed by atoms with Gasteiger partial charge in [0.05, 0.1) is 6.04 Å². The van der Waals surface area contributed by atoms with E-state index in [-0.39, 0.29) is 12.1 Å². The molecule has 1 aliphatic heterocycles. The molecule has 0 fully saturated rings. The normalized spacial score (nSPS) is 17.9. The maximum atomic E-state index is 11.5. The first-order valence-electron chi connectivity index (χ1n) is 6.49. The van der Waals surface area contributed by atoms with Gasteiger partial charge in [-0.15, -0.1) is 0 Å². The number of hydrogen-bond donors (Lipinski definition) is 2. The number of nitrogens with one attached hydrogen (secondary N) is 2. The Labute approximate surface area is 117 Å². The third-order valence-corrected chi connectivity index (χ3v) is 3.25. The number of carbonyl (C=O) groups is 1. The van der Waals surface area contributed by atoms with Gasteiger partial charge >= 0.3 is 6.03 Å². The fraction of sp³-hybridized carbons (Fsp3) is 0.125. The van der Waals surface area contributed by atoms with E-state index < -0.39 is 0 Å². The summed E-state index contributed by atoms with van der Waals surface area (Å²) in [5.41, 5.74) is 4.08. The van der Waals surface area contributed by atoms with Crippen LogP contribution in [0.2, 0.25) is 0 Å². The molecule has 1 aromatic heterocycles. The molecule has 20 heavy (non-hydrogen) atoms. The summed E-state index contributed by atoms with van der Waals surface area (Å²) in [4.78, 5) is 15.7. The Kier molecular flexibility index (Phi) is 3.21. The summed E-state index contributed by atoms with van der Waals surface area (Å²) in [5, 5.41) is 5.63. The zero-order chi connectivity index (χ0) is 13.9. The second kappa shape index (κ2) is 5.17. The number of urea groups is 1. The van der Waals surface area contributed by atoms with Crippen LogP contribution in [0, 0.1) is 0 Å². The molecule has 2 amide bonds. The highest BCUT2D eigenvalue weighted by Crippen LogP contribution is 2.24. The summed E-state index contributed by atoms with van der Waals surface area (Å²) < 4.78 is 0. The molecule has 1 aromatic carbocycles. The Hall–Kier alpha value is -2.62. The van der Waals surface area contributed by atoms with E-state index in [2.05, 4.69) is 21.7 Å². The molecule has 0 saturated heterocycles. The lowest BCUT2D eigenvalue weighted by atomic mass is 9.99. The molecule has 4 heteroatoms. The number of amides is 2. The predicted octanol–water partition coefficient (Wildman–Crippen LogP) is 3.01. The minimum absolute atomic E-state index is 0.0969. The second-order valence-corrected chi connectivity index (χ2v) is 4.79. The number of rotatable bonds is 2. The maximum Gasteiger partial charge on any atom is 0.319 e. The van der Waals surface area contributed by atoms with E-state index in [0.717, 1.165) is 22.4 Å². The van der Waals surface area contributed by atoms with Crippen molar-refractivity contribution in [3.05, 3.63) is 66.1 Å². The lowest BCUT2D eigenvalue weighted by Gasteiger charge is -2.22. The first-order valence-corrected chi connectivity index (χ1v) is 6.49. The zero-order valence-electron chi connectivity index (χ0n) is 11.1. The number of nitrogens with zero attached hydrogens (tertiary/aromatic N) is 1. The maximum absolute atomic E-state index is 11.5. The summed E-state index contributed by atoms with van der Waals surface area (Å²) in [6.07, 6.45) is 5.59. The summed E-state index contributed by atoms with van der Waals surface area (Å²) in [6.45, 7) is 1.89. The van der Waals surface area contributed by atoms with E-state index in [9.17, 15) is 4.79 Å². The molecular weight excluding hydrogens is 250 g/mol. The van der Waals surface area contributed by atoms with Gasteiger partial charge in [0.25, 0.3) is 0 Å². The Morgan fingerprint density at radius 3 is 2.75 bits per heavy atom. The molecule has 0 radical (unpaired) electrons. The van der Waals surface area contributed by atoms with E-state index in [0.29, 0.717) is 0 Å². The lowest BCUT2D eigenvalue weighted by Crippen LogP contribution is -2.40. The van der Waals surface area contributed by atoms with Crippen LogP contribution in [0.3, 0.4) is 0 Å². The van der Waals surface area contributed by atoms with Crippen LogP contribution in [0.4, 0.5) is 4.79 Å². The van der Waals surface area contributed by atoms with Gasteiger partial charge in [0, 0.05) is 18.1 Å². The summed E-state index contributed by atoms with van der Waals surface area (Å²) >= 11 is 0. The van der Waals surface area contributed by atoms with Crippen LogP contribution < -0.4 is 10.6 Å². The number of hydrogen-bond acceptors (Lipinski definition) is 2. The molecule has 0 bridgehead atoms. The van der Waals surface area contributed by atoms with Crippen molar-refractivity contribution in [1.29, 1.82) is 0 Å². The summed E-state index contributed by atoms with van der Waals surface area (Å²) in [5.74, 6) is 0. The van der Waals surface area contributed by atoms with Crippen molar-refractivity contribution < 1.29 is 4.79 Å². The van der Waals surface area contributed by atoms with E-state index in [1.54, 1.807) is 6.20 Å². The van der Waals surface area contributed by atoms with Crippen LogP contribution in [-0.2, 0) is 0 Å². The first-order chi connectivity index (χ1) is 9.72. The van der Waals surface area contributed by atoms with Crippen molar-refractivity contribution in [2.24, 2.45) is 0 Å². The van der Waals surface area contributed by atoms with Crippen LogP contribution in [0.5, 0.6) is 0 Å². The second-order valence-electron chi connectivity index (χ2n) is 4.79. The summed E-state index contributed by atoms with van der Waals surface area (Å²) in [6, 6.07) is 11.8. The van der Waals surface area contributed by atoms with E-state index in [1.807, 2.05) is 49.5 Å².